The van der Waals surface area contributed by atoms with Gasteiger partial charge in [0.1, 0.15) is 0 Å². The quantitative estimate of drug-likeness (QED) is 0.796. The standard InChI is InChI=1S/C15H20N2O/c1-16-7-8-17(15(16)18)11-14-10-13(14)9-12-5-3-2-4-6-12/h2-6,13-14H,7-11H2,1H3/t13-,14+/m0/s1. The van der Waals surface area contributed by atoms with Crippen LogP contribution in [0.2, 0.25) is 0 Å². The molecule has 1 saturated heterocycles. The Morgan fingerprint density at radius 2 is 1.94 bits per heavy atom. The zero-order valence-electron chi connectivity index (χ0n) is 10.9. The van der Waals surface area contributed by atoms with Gasteiger partial charge >= 0.3 is 6.03 Å². The van der Waals surface area contributed by atoms with E-state index in [1.807, 2.05) is 16.8 Å². The second kappa shape index (κ2) is 4.63. The summed E-state index contributed by atoms with van der Waals surface area (Å²) in [5.41, 5.74) is 1.43. The van der Waals surface area contributed by atoms with Crippen molar-refractivity contribution >= 4 is 6.03 Å². The first-order valence-electron chi connectivity index (χ1n) is 6.78. The van der Waals surface area contributed by atoms with Crippen LogP contribution >= 0.6 is 0 Å². The number of hydrogen-bond donors (Lipinski definition) is 0. The van der Waals surface area contributed by atoms with Crippen molar-refractivity contribution in [2.24, 2.45) is 11.8 Å². The van der Waals surface area contributed by atoms with Crippen LogP contribution in [-0.4, -0.2) is 42.5 Å². The van der Waals surface area contributed by atoms with E-state index in [4.69, 9.17) is 0 Å². The molecule has 1 aromatic carbocycles. The fourth-order valence-electron chi connectivity index (χ4n) is 2.86. The summed E-state index contributed by atoms with van der Waals surface area (Å²) in [6.07, 6.45) is 2.45. The Labute approximate surface area is 108 Å². The second-order valence-corrected chi connectivity index (χ2v) is 5.60. The molecule has 1 heterocycles. The molecule has 1 aromatic rings. The average Bonchev–Trinajstić information content (AvgIpc) is 3.04. The van der Waals surface area contributed by atoms with Gasteiger partial charge in [-0.2, -0.15) is 0 Å². The van der Waals surface area contributed by atoms with Gasteiger partial charge in [-0.05, 0) is 30.2 Å². The number of rotatable bonds is 4. The largest absolute Gasteiger partial charge is 0.326 e. The van der Waals surface area contributed by atoms with E-state index in [1.165, 1.54) is 18.4 Å². The summed E-state index contributed by atoms with van der Waals surface area (Å²) < 4.78 is 0. The highest BCUT2D eigenvalue weighted by molar-refractivity contribution is 5.76. The Morgan fingerprint density at radius 1 is 1.17 bits per heavy atom. The van der Waals surface area contributed by atoms with Gasteiger partial charge in [-0.25, -0.2) is 4.79 Å². The number of nitrogens with zero attached hydrogens (tertiary/aromatic N) is 2. The zero-order valence-corrected chi connectivity index (χ0v) is 10.9. The number of urea groups is 1. The lowest BCUT2D eigenvalue weighted by Gasteiger charge is -2.15. The fourth-order valence-corrected chi connectivity index (χ4v) is 2.86. The van der Waals surface area contributed by atoms with E-state index in [0.29, 0.717) is 0 Å². The highest BCUT2D eigenvalue weighted by Crippen LogP contribution is 2.41. The maximum Gasteiger partial charge on any atom is 0.319 e. The van der Waals surface area contributed by atoms with Gasteiger partial charge < -0.3 is 9.80 Å². The molecule has 3 rings (SSSR count). The Morgan fingerprint density at radius 3 is 2.61 bits per heavy atom. The van der Waals surface area contributed by atoms with Gasteiger partial charge in [0.15, 0.2) is 0 Å². The van der Waals surface area contributed by atoms with Crippen molar-refractivity contribution in [3.63, 3.8) is 0 Å². The molecule has 3 heteroatoms. The minimum atomic E-state index is 0.209. The van der Waals surface area contributed by atoms with Gasteiger partial charge in [-0.15, -0.1) is 0 Å². The number of benzene rings is 1. The molecule has 18 heavy (non-hydrogen) atoms. The van der Waals surface area contributed by atoms with Gasteiger partial charge in [0, 0.05) is 26.7 Å². The molecule has 0 N–H and O–H groups in total. The predicted molar refractivity (Wildman–Crippen MR) is 71.3 cm³/mol. The molecule has 0 unspecified atom stereocenters. The maximum absolute atomic E-state index is 11.8. The molecule has 2 aliphatic rings. The highest BCUT2D eigenvalue weighted by atomic mass is 16.2. The maximum atomic E-state index is 11.8. The number of hydrogen-bond acceptors (Lipinski definition) is 1. The Kier molecular flexibility index (Phi) is 2.98. The SMILES string of the molecule is CN1CCN(C[C@H]2C[C@@H]2Cc2ccccc2)C1=O. The van der Waals surface area contributed by atoms with Crippen molar-refractivity contribution in [2.45, 2.75) is 12.8 Å². The van der Waals surface area contributed by atoms with Crippen molar-refractivity contribution in [3.05, 3.63) is 35.9 Å². The third-order valence-corrected chi connectivity index (χ3v) is 4.17. The fraction of sp³-hybridized carbons (Fsp3) is 0.533. The summed E-state index contributed by atoms with van der Waals surface area (Å²) in [6, 6.07) is 10.9. The first-order chi connectivity index (χ1) is 8.74. The molecule has 3 nitrogen and oxygen atoms in total. The van der Waals surface area contributed by atoms with Crippen LogP contribution in [0.5, 0.6) is 0 Å². The molecule has 1 saturated carbocycles. The van der Waals surface area contributed by atoms with Crippen LogP contribution in [0.4, 0.5) is 4.79 Å². The van der Waals surface area contributed by atoms with E-state index in [0.717, 1.165) is 31.5 Å². The van der Waals surface area contributed by atoms with E-state index in [9.17, 15) is 4.79 Å². The van der Waals surface area contributed by atoms with Crippen molar-refractivity contribution in [3.8, 4) is 0 Å². The summed E-state index contributed by atoms with van der Waals surface area (Å²) in [4.78, 5) is 15.6. The van der Waals surface area contributed by atoms with Crippen LogP contribution in [0, 0.1) is 11.8 Å². The summed E-state index contributed by atoms with van der Waals surface area (Å²) in [5, 5.41) is 0. The Balaban J connectivity index is 1.49. The zero-order chi connectivity index (χ0) is 12.5. The summed E-state index contributed by atoms with van der Waals surface area (Å²) in [5.74, 6) is 1.51. The Hall–Kier alpha value is -1.51. The first-order valence-corrected chi connectivity index (χ1v) is 6.78. The van der Waals surface area contributed by atoms with E-state index in [1.54, 1.807) is 0 Å². The first kappa shape index (κ1) is 11.6. The van der Waals surface area contributed by atoms with Gasteiger partial charge in [0.05, 0.1) is 0 Å². The van der Waals surface area contributed by atoms with Crippen LogP contribution in [0.3, 0.4) is 0 Å². The lowest BCUT2D eigenvalue weighted by atomic mass is 10.1. The Bertz CT molecular complexity index is 431. The molecule has 2 atom stereocenters. The van der Waals surface area contributed by atoms with E-state index >= 15 is 0 Å². The average molecular weight is 244 g/mol. The van der Waals surface area contributed by atoms with Crippen molar-refractivity contribution in [1.82, 2.24) is 9.80 Å². The van der Waals surface area contributed by atoms with E-state index in [-0.39, 0.29) is 6.03 Å². The molecular weight excluding hydrogens is 224 g/mol. The molecule has 2 fully saturated rings. The summed E-state index contributed by atoms with van der Waals surface area (Å²) >= 11 is 0. The number of likely N-dealkylation sites (N-methyl/N-ethyl adjacent to an activating group) is 1. The van der Waals surface area contributed by atoms with Crippen molar-refractivity contribution < 1.29 is 4.79 Å². The number of carbonyl (C=O) groups is 1. The minimum Gasteiger partial charge on any atom is -0.326 e. The summed E-state index contributed by atoms with van der Waals surface area (Å²) in [7, 11) is 1.89. The molecule has 2 amide bonds. The van der Waals surface area contributed by atoms with Gasteiger partial charge in [-0.3, -0.25) is 0 Å². The smallest absolute Gasteiger partial charge is 0.319 e. The highest BCUT2D eigenvalue weighted by Gasteiger charge is 2.40. The predicted octanol–water partition coefficient (Wildman–Crippen LogP) is 2.23. The van der Waals surface area contributed by atoms with Gasteiger partial charge in [-0.1, -0.05) is 30.3 Å². The molecule has 1 aliphatic carbocycles. The van der Waals surface area contributed by atoms with E-state index < -0.39 is 0 Å². The van der Waals surface area contributed by atoms with Crippen LogP contribution in [0.1, 0.15) is 12.0 Å². The number of amides is 2. The van der Waals surface area contributed by atoms with Crippen molar-refractivity contribution in [2.75, 3.05) is 26.7 Å². The van der Waals surface area contributed by atoms with Crippen LogP contribution in [-0.2, 0) is 6.42 Å². The molecule has 96 valence electrons. The molecule has 1 aliphatic heterocycles. The van der Waals surface area contributed by atoms with Crippen LogP contribution in [0.15, 0.2) is 30.3 Å². The lowest BCUT2D eigenvalue weighted by Crippen LogP contribution is -2.31. The third kappa shape index (κ3) is 2.35. The van der Waals surface area contributed by atoms with Crippen molar-refractivity contribution in [1.29, 1.82) is 0 Å². The number of carbonyl (C=O) groups excluding carboxylic acids is 1. The van der Waals surface area contributed by atoms with Gasteiger partial charge in [0.2, 0.25) is 0 Å². The minimum absolute atomic E-state index is 0.209. The molecule has 0 bridgehead atoms. The lowest BCUT2D eigenvalue weighted by molar-refractivity contribution is 0.196. The molecule has 0 aromatic heterocycles. The molecule has 0 radical (unpaired) electrons. The third-order valence-electron chi connectivity index (χ3n) is 4.17. The van der Waals surface area contributed by atoms with Gasteiger partial charge in [0.25, 0.3) is 0 Å². The van der Waals surface area contributed by atoms with Crippen LogP contribution < -0.4 is 0 Å². The second-order valence-electron chi connectivity index (χ2n) is 5.60. The normalized spacial score (nSPS) is 26.8. The topological polar surface area (TPSA) is 23.6 Å². The summed E-state index contributed by atoms with van der Waals surface area (Å²) in [6.45, 7) is 2.75. The molecule has 0 spiro atoms. The monoisotopic (exact) mass is 244 g/mol. The van der Waals surface area contributed by atoms with Crippen LogP contribution in [0.25, 0.3) is 0 Å². The molecular formula is C15H20N2O. The van der Waals surface area contributed by atoms with E-state index in [2.05, 4.69) is 30.3 Å².